The van der Waals surface area contributed by atoms with Gasteiger partial charge in [0.05, 0.1) is 34.8 Å². The smallest absolute Gasteiger partial charge is 0.337 e. The molecule has 0 aliphatic heterocycles. The van der Waals surface area contributed by atoms with Gasteiger partial charge in [0.25, 0.3) is 6.01 Å². The third-order valence-corrected chi connectivity index (χ3v) is 5.26. The second-order valence-electron chi connectivity index (χ2n) is 7.26. The van der Waals surface area contributed by atoms with Gasteiger partial charge < -0.3 is 14.8 Å². The Bertz CT molecular complexity index is 1320. The Hall–Kier alpha value is -4.11. The predicted octanol–water partition coefficient (Wildman–Crippen LogP) is 5.10. The van der Waals surface area contributed by atoms with E-state index in [-0.39, 0.29) is 5.56 Å². The zero-order valence-corrected chi connectivity index (χ0v) is 17.3. The van der Waals surface area contributed by atoms with Gasteiger partial charge in [0.15, 0.2) is 0 Å². The quantitative estimate of drug-likeness (QED) is 0.460. The van der Waals surface area contributed by atoms with Crippen LogP contribution in [-0.2, 0) is 6.42 Å². The fourth-order valence-corrected chi connectivity index (χ4v) is 3.79. The second kappa shape index (κ2) is 8.33. The van der Waals surface area contributed by atoms with Gasteiger partial charge in [-0.2, -0.15) is 10.2 Å². The van der Waals surface area contributed by atoms with E-state index in [4.69, 9.17) is 4.74 Å². The molecule has 31 heavy (non-hydrogen) atoms. The minimum absolute atomic E-state index is 0.159. The average Bonchev–Trinajstić information content (AvgIpc) is 3.19. The summed E-state index contributed by atoms with van der Waals surface area (Å²) in [5.74, 6) is -1.02. The number of ether oxygens (including phenoxy) is 1. The zero-order valence-electron chi connectivity index (χ0n) is 17.3. The molecule has 4 aromatic rings. The summed E-state index contributed by atoms with van der Waals surface area (Å²) in [6, 6.07) is 19.9. The first-order valence-electron chi connectivity index (χ1n) is 9.98. The van der Waals surface area contributed by atoms with E-state index in [2.05, 4.69) is 16.0 Å². The summed E-state index contributed by atoms with van der Waals surface area (Å²) in [6.07, 6.45) is 0.516. The summed E-state index contributed by atoms with van der Waals surface area (Å²) in [4.78, 5) is 19.2. The van der Waals surface area contributed by atoms with Crippen molar-refractivity contribution in [3.8, 4) is 23.2 Å². The summed E-state index contributed by atoms with van der Waals surface area (Å²) in [5, 5.41) is 19.3. The first-order chi connectivity index (χ1) is 15.0. The van der Waals surface area contributed by atoms with E-state index in [9.17, 15) is 15.2 Å². The number of aromatic carboxylic acids is 1. The topological polar surface area (TPSA) is 99.0 Å². The van der Waals surface area contributed by atoms with E-state index in [1.807, 2.05) is 62.4 Å². The lowest BCUT2D eigenvalue weighted by Crippen LogP contribution is -2.02. The van der Waals surface area contributed by atoms with E-state index in [0.29, 0.717) is 35.6 Å². The van der Waals surface area contributed by atoms with Gasteiger partial charge in [-0.15, -0.1) is 0 Å². The van der Waals surface area contributed by atoms with Crippen LogP contribution in [0.5, 0.6) is 6.01 Å². The fourth-order valence-electron chi connectivity index (χ4n) is 3.79. The number of carboxylic acid groups (broad SMARTS) is 1. The van der Waals surface area contributed by atoms with Crippen molar-refractivity contribution in [2.24, 2.45) is 0 Å². The van der Waals surface area contributed by atoms with Gasteiger partial charge in [0.1, 0.15) is 0 Å². The zero-order chi connectivity index (χ0) is 22.0. The van der Waals surface area contributed by atoms with Gasteiger partial charge in [0.2, 0.25) is 0 Å². The Kier molecular flexibility index (Phi) is 5.42. The second-order valence-corrected chi connectivity index (χ2v) is 7.26. The van der Waals surface area contributed by atoms with Crippen LogP contribution in [-0.4, -0.2) is 27.7 Å². The van der Waals surface area contributed by atoms with E-state index >= 15 is 0 Å². The lowest BCUT2D eigenvalue weighted by atomic mass is 9.93. The molecule has 6 nitrogen and oxygen atoms in total. The molecule has 2 N–H and O–H groups in total. The van der Waals surface area contributed by atoms with Gasteiger partial charge in [-0.3, -0.25) is 0 Å². The van der Waals surface area contributed by atoms with Crippen molar-refractivity contribution in [3.63, 3.8) is 0 Å². The van der Waals surface area contributed by atoms with Crippen LogP contribution in [0.15, 0.2) is 54.6 Å². The van der Waals surface area contributed by atoms with Crippen LogP contribution < -0.4 is 4.74 Å². The summed E-state index contributed by atoms with van der Waals surface area (Å²) < 4.78 is 5.47. The molecule has 4 rings (SSSR count). The van der Waals surface area contributed by atoms with E-state index in [1.54, 1.807) is 6.07 Å². The number of aryl methyl sites for hydroxylation is 1. The lowest BCUT2D eigenvalue weighted by Gasteiger charge is -2.11. The number of fused-ring (bicyclic) bond motifs is 1. The van der Waals surface area contributed by atoms with Gasteiger partial charge >= 0.3 is 5.97 Å². The molecule has 0 saturated carbocycles. The number of hydrogen-bond acceptors (Lipinski definition) is 4. The number of aromatic amines is 1. The highest BCUT2D eigenvalue weighted by atomic mass is 16.5. The van der Waals surface area contributed by atoms with Crippen LogP contribution >= 0.6 is 0 Å². The molecule has 154 valence electrons. The fraction of sp³-hybridized carbons (Fsp3) is 0.160. The summed E-state index contributed by atoms with van der Waals surface area (Å²) >= 11 is 0. The Morgan fingerprint density at radius 2 is 1.97 bits per heavy atom. The number of hydrogen-bond donors (Lipinski definition) is 2. The van der Waals surface area contributed by atoms with E-state index < -0.39 is 5.97 Å². The summed E-state index contributed by atoms with van der Waals surface area (Å²) in [5.41, 5.74) is 6.32. The first-order valence-corrected chi connectivity index (χ1v) is 9.98. The molecule has 0 radical (unpaired) electrons. The van der Waals surface area contributed by atoms with Crippen molar-refractivity contribution in [1.82, 2.24) is 9.97 Å². The van der Waals surface area contributed by atoms with Crippen LogP contribution in [0.25, 0.3) is 22.2 Å². The Labute approximate surface area is 179 Å². The Morgan fingerprint density at radius 3 is 2.65 bits per heavy atom. The number of nitrogens with zero attached hydrogens (tertiary/aromatic N) is 2. The van der Waals surface area contributed by atoms with Crippen LogP contribution in [0.1, 0.15) is 39.5 Å². The molecular weight excluding hydrogens is 390 g/mol. The van der Waals surface area contributed by atoms with Crippen molar-refractivity contribution >= 4 is 17.0 Å². The maximum absolute atomic E-state index is 11.7. The monoisotopic (exact) mass is 411 g/mol. The van der Waals surface area contributed by atoms with E-state index in [0.717, 1.165) is 27.8 Å². The number of nitrogens with one attached hydrogen (secondary N) is 1. The van der Waals surface area contributed by atoms with Crippen LogP contribution in [0.3, 0.4) is 0 Å². The predicted molar refractivity (Wildman–Crippen MR) is 118 cm³/mol. The van der Waals surface area contributed by atoms with Crippen molar-refractivity contribution in [3.05, 3.63) is 82.4 Å². The Balaban J connectivity index is 1.80. The highest BCUT2D eigenvalue weighted by molar-refractivity contribution is 6.02. The van der Waals surface area contributed by atoms with Gasteiger partial charge in [-0.05, 0) is 60.2 Å². The molecule has 0 aliphatic carbocycles. The van der Waals surface area contributed by atoms with Crippen molar-refractivity contribution in [1.29, 1.82) is 5.26 Å². The van der Waals surface area contributed by atoms with Gasteiger partial charge in [-0.1, -0.05) is 42.5 Å². The van der Waals surface area contributed by atoms with Crippen LogP contribution in [0.2, 0.25) is 0 Å². The average molecular weight is 411 g/mol. The molecule has 0 amide bonds. The molecule has 3 aromatic carbocycles. The molecule has 1 heterocycles. The normalized spacial score (nSPS) is 10.7. The number of aromatic nitrogens is 2. The van der Waals surface area contributed by atoms with Crippen LogP contribution in [0.4, 0.5) is 0 Å². The van der Waals surface area contributed by atoms with E-state index in [1.165, 1.54) is 0 Å². The Morgan fingerprint density at radius 1 is 1.19 bits per heavy atom. The maximum atomic E-state index is 11.7. The third kappa shape index (κ3) is 3.86. The summed E-state index contributed by atoms with van der Waals surface area (Å²) in [6.45, 7) is 4.14. The van der Waals surface area contributed by atoms with Crippen molar-refractivity contribution in [2.45, 2.75) is 20.3 Å². The van der Waals surface area contributed by atoms with Crippen LogP contribution in [0, 0.1) is 18.3 Å². The minimum atomic E-state index is -1.02. The molecular formula is C25H21N3O3. The standard InChI is InChI=1S/C25H21N3O3/c1-3-31-25-27-22-20(15(2)11-21(24(29)30)23(22)28-25)13-16-9-10-19(18(12-16)14-26)17-7-5-4-6-8-17/h4-12H,3,13H2,1-2H3,(H,27,28)(H,29,30). The highest BCUT2D eigenvalue weighted by Gasteiger charge is 2.19. The molecule has 0 aliphatic rings. The maximum Gasteiger partial charge on any atom is 0.337 e. The summed E-state index contributed by atoms with van der Waals surface area (Å²) in [7, 11) is 0. The molecule has 0 spiro atoms. The SMILES string of the molecule is CCOc1nc2c(Cc3ccc(-c4ccccc4)c(C#N)c3)c(C)cc(C(=O)O)c2[nH]1. The van der Waals surface area contributed by atoms with Crippen molar-refractivity contribution in [2.75, 3.05) is 6.61 Å². The molecule has 0 fully saturated rings. The number of H-pyrrole nitrogens is 1. The minimum Gasteiger partial charge on any atom is -0.478 e. The van der Waals surface area contributed by atoms with Gasteiger partial charge in [-0.25, -0.2) is 4.79 Å². The first kappa shape index (κ1) is 20.2. The molecule has 6 heteroatoms. The van der Waals surface area contributed by atoms with Gasteiger partial charge in [0, 0.05) is 0 Å². The number of carboxylic acids is 1. The number of benzene rings is 3. The highest BCUT2D eigenvalue weighted by Crippen LogP contribution is 2.30. The lowest BCUT2D eigenvalue weighted by molar-refractivity contribution is 0.0698. The molecule has 0 atom stereocenters. The molecule has 1 aromatic heterocycles. The number of nitriles is 1. The van der Waals surface area contributed by atoms with Crippen molar-refractivity contribution < 1.29 is 14.6 Å². The molecule has 0 bridgehead atoms. The number of imidazole rings is 1. The largest absolute Gasteiger partial charge is 0.478 e. The molecule has 0 unspecified atom stereocenters. The number of carbonyl (C=O) groups is 1. The number of rotatable bonds is 6. The molecule has 0 saturated heterocycles. The third-order valence-electron chi connectivity index (χ3n) is 5.26.